The van der Waals surface area contributed by atoms with Gasteiger partial charge in [0, 0.05) is 35.4 Å². The first kappa shape index (κ1) is 18.3. The predicted octanol–water partition coefficient (Wildman–Crippen LogP) is 4.31. The molecule has 2 heterocycles. The molecule has 0 aliphatic carbocycles. The van der Waals surface area contributed by atoms with E-state index in [0.717, 1.165) is 33.5 Å². The summed E-state index contributed by atoms with van der Waals surface area (Å²) >= 11 is 1.37. The number of rotatable bonds is 5. The molecule has 4 aromatic rings. The molecule has 0 spiro atoms. The van der Waals surface area contributed by atoms with Crippen LogP contribution in [0.25, 0.3) is 22.3 Å². The number of carbonyl (C=O) groups is 1. The van der Waals surface area contributed by atoms with Gasteiger partial charge in [-0.05, 0) is 43.2 Å². The fourth-order valence-corrected chi connectivity index (χ4v) is 3.79. The van der Waals surface area contributed by atoms with E-state index in [9.17, 15) is 4.79 Å². The fourth-order valence-electron chi connectivity index (χ4n) is 3.08. The van der Waals surface area contributed by atoms with Crippen molar-refractivity contribution in [3.63, 3.8) is 0 Å². The summed E-state index contributed by atoms with van der Waals surface area (Å²) in [6.07, 6.45) is 1.94. The van der Waals surface area contributed by atoms with E-state index in [-0.39, 0.29) is 11.7 Å². The number of thioether (sulfide) groups is 1. The number of H-pyrrole nitrogens is 1. The largest absolute Gasteiger partial charge is 0.360 e. The lowest BCUT2D eigenvalue weighted by atomic mass is 10.1. The van der Waals surface area contributed by atoms with Crippen LogP contribution < -0.4 is 5.32 Å². The molecule has 0 saturated heterocycles. The van der Waals surface area contributed by atoms with Crippen LogP contribution in [0.4, 0.5) is 5.69 Å². The van der Waals surface area contributed by atoms with E-state index in [0.29, 0.717) is 5.16 Å². The molecule has 4 rings (SSSR count). The molecule has 7 heteroatoms. The van der Waals surface area contributed by atoms with E-state index in [1.807, 2.05) is 61.1 Å². The van der Waals surface area contributed by atoms with Crippen LogP contribution >= 0.6 is 11.8 Å². The Morgan fingerprint density at radius 1 is 1.14 bits per heavy atom. The second kappa shape index (κ2) is 7.52. The molecule has 0 aliphatic heterocycles. The van der Waals surface area contributed by atoms with Crippen LogP contribution in [-0.2, 0) is 11.8 Å². The number of nitrogens with one attached hydrogen (secondary N) is 2. The molecule has 0 bridgehead atoms. The molecule has 0 unspecified atom stereocenters. The van der Waals surface area contributed by atoms with Crippen molar-refractivity contribution in [3.8, 4) is 11.4 Å². The maximum absolute atomic E-state index is 12.3. The highest BCUT2D eigenvalue weighted by atomic mass is 32.2. The first-order chi connectivity index (χ1) is 13.5. The van der Waals surface area contributed by atoms with Gasteiger partial charge in [-0.1, -0.05) is 36.0 Å². The van der Waals surface area contributed by atoms with Crippen LogP contribution in [0.15, 0.2) is 53.8 Å². The van der Waals surface area contributed by atoms with Crippen molar-refractivity contribution < 1.29 is 4.79 Å². The summed E-state index contributed by atoms with van der Waals surface area (Å²) in [6, 6.07) is 14.0. The lowest BCUT2D eigenvalue weighted by Crippen LogP contribution is -2.14. The molecule has 0 aliphatic rings. The molecule has 2 aromatic heterocycles. The van der Waals surface area contributed by atoms with Crippen LogP contribution in [0, 0.1) is 13.8 Å². The van der Waals surface area contributed by atoms with Crippen molar-refractivity contribution in [1.82, 2.24) is 19.7 Å². The Hall–Kier alpha value is -3.06. The van der Waals surface area contributed by atoms with E-state index >= 15 is 0 Å². The third-order valence-electron chi connectivity index (χ3n) is 4.79. The number of aromatic amines is 1. The van der Waals surface area contributed by atoms with Gasteiger partial charge < -0.3 is 14.9 Å². The topological polar surface area (TPSA) is 75.6 Å². The maximum Gasteiger partial charge on any atom is 0.234 e. The molecule has 0 atom stereocenters. The number of carbonyl (C=O) groups excluding carboxylic acids is 1. The highest BCUT2D eigenvalue weighted by Crippen LogP contribution is 2.29. The van der Waals surface area contributed by atoms with E-state index in [1.165, 1.54) is 17.3 Å². The van der Waals surface area contributed by atoms with Gasteiger partial charge in [-0.2, -0.15) is 0 Å². The van der Waals surface area contributed by atoms with Crippen LogP contribution in [0.5, 0.6) is 0 Å². The summed E-state index contributed by atoms with van der Waals surface area (Å²) in [6.45, 7) is 4.09. The second-order valence-corrected chi connectivity index (χ2v) is 7.69. The van der Waals surface area contributed by atoms with Gasteiger partial charge >= 0.3 is 0 Å². The molecule has 142 valence electrons. The van der Waals surface area contributed by atoms with Gasteiger partial charge in [0.2, 0.25) is 5.91 Å². The van der Waals surface area contributed by atoms with Crippen molar-refractivity contribution >= 4 is 34.3 Å². The number of hydrogen-bond donors (Lipinski definition) is 2. The number of benzene rings is 2. The Labute approximate surface area is 167 Å². The third-order valence-corrected chi connectivity index (χ3v) is 5.81. The summed E-state index contributed by atoms with van der Waals surface area (Å²) in [5, 5.41) is 13.3. The van der Waals surface area contributed by atoms with Crippen LogP contribution in [0.2, 0.25) is 0 Å². The number of aromatic nitrogens is 4. The highest BCUT2D eigenvalue weighted by Gasteiger charge is 2.16. The number of amides is 1. The van der Waals surface area contributed by atoms with E-state index < -0.39 is 0 Å². The molecule has 0 radical (unpaired) electrons. The molecule has 1 amide bonds. The van der Waals surface area contributed by atoms with Gasteiger partial charge in [-0.25, -0.2) is 0 Å². The van der Waals surface area contributed by atoms with Crippen molar-refractivity contribution in [3.05, 3.63) is 59.8 Å². The molecule has 2 aromatic carbocycles. The zero-order valence-electron chi connectivity index (χ0n) is 16.0. The normalized spacial score (nSPS) is 11.1. The van der Waals surface area contributed by atoms with Gasteiger partial charge in [-0.3, -0.25) is 4.79 Å². The smallest absolute Gasteiger partial charge is 0.234 e. The van der Waals surface area contributed by atoms with Gasteiger partial charge in [-0.15, -0.1) is 10.2 Å². The second-order valence-electron chi connectivity index (χ2n) is 6.75. The molecule has 0 fully saturated rings. The maximum atomic E-state index is 12.3. The minimum atomic E-state index is -0.0649. The zero-order valence-corrected chi connectivity index (χ0v) is 16.8. The van der Waals surface area contributed by atoms with E-state index in [1.54, 1.807) is 0 Å². The molecule has 6 nitrogen and oxygen atoms in total. The van der Waals surface area contributed by atoms with Crippen molar-refractivity contribution in [2.24, 2.45) is 7.05 Å². The average Bonchev–Trinajstić information content (AvgIpc) is 3.26. The van der Waals surface area contributed by atoms with Crippen LogP contribution in [-0.4, -0.2) is 31.4 Å². The summed E-state index contributed by atoms with van der Waals surface area (Å²) in [5.41, 5.74) is 5.23. The lowest BCUT2D eigenvalue weighted by molar-refractivity contribution is -0.113. The Morgan fingerprint density at radius 3 is 2.79 bits per heavy atom. The molecular weight excluding hydrogens is 370 g/mol. The number of fused-ring (bicyclic) bond motifs is 1. The van der Waals surface area contributed by atoms with Crippen molar-refractivity contribution in [1.29, 1.82) is 0 Å². The SMILES string of the molecule is Cc1ccc(NC(=O)CSc2nnc(-c3c[nH]c4ccccc34)n2C)cc1C. The molecule has 28 heavy (non-hydrogen) atoms. The number of hydrogen-bond acceptors (Lipinski definition) is 4. The predicted molar refractivity (Wildman–Crippen MR) is 114 cm³/mol. The monoisotopic (exact) mass is 391 g/mol. The minimum Gasteiger partial charge on any atom is -0.360 e. The van der Waals surface area contributed by atoms with Gasteiger partial charge in [0.1, 0.15) is 0 Å². The Kier molecular flexibility index (Phi) is 4.92. The fraction of sp³-hybridized carbons (Fsp3) is 0.190. The number of nitrogens with zero attached hydrogens (tertiary/aromatic N) is 3. The van der Waals surface area contributed by atoms with Crippen molar-refractivity contribution in [2.75, 3.05) is 11.1 Å². The van der Waals surface area contributed by atoms with E-state index in [4.69, 9.17) is 0 Å². The number of aryl methyl sites for hydroxylation is 2. The Morgan fingerprint density at radius 2 is 1.96 bits per heavy atom. The zero-order chi connectivity index (χ0) is 19.7. The van der Waals surface area contributed by atoms with E-state index in [2.05, 4.69) is 33.5 Å². The minimum absolute atomic E-state index is 0.0649. The van der Waals surface area contributed by atoms with Crippen molar-refractivity contribution in [2.45, 2.75) is 19.0 Å². The summed E-state index contributed by atoms with van der Waals surface area (Å²) in [5.74, 6) is 0.978. The Balaban J connectivity index is 1.46. The first-order valence-corrected chi connectivity index (χ1v) is 9.97. The quantitative estimate of drug-likeness (QED) is 0.497. The molecule has 2 N–H and O–H groups in total. The lowest BCUT2D eigenvalue weighted by Gasteiger charge is -2.07. The number of para-hydroxylation sites is 1. The number of anilines is 1. The third kappa shape index (κ3) is 3.53. The van der Waals surface area contributed by atoms with Gasteiger partial charge in [0.15, 0.2) is 11.0 Å². The standard InChI is InChI=1S/C21H21N5OS/c1-13-8-9-15(10-14(13)2)23-19(27)12-28-21-25-24-20(26(21)3)17-11-22-18-7-5-4-6-16(17)18/h4-11,22H,12H2,1-3H3,(H,23,27). The van der Waals surface area contributed by atoms with Gasteiger partial charge in [0.25, 0.3) is 0 Å². The average molecular weight is 392 g/mol. The summed E-state index contributed by atoms with van der Waals surface area (Å²) < 4.78 is 1.92. The highest BCUT2D eigenvalue weighted by molar-refractivity contribution is 7.99. The summed E-state index contributed by atoms with van der Waals surface area (Å²) in [7, 11) is 1.92. The Bertz CT molecular complexity index is 1160. The van der Waals surface area contributed by atoms with Gasteiger partial charge in [0.05, 0.1) is 5.75 Å². The summed E-state index contributed by atoms with van der Waals surface area (Å²) in [4.78, 5) is 15.6. The molecular formula is C21H21N5OS. The first-order valence-electron chi connectivity index (χ1n) is 8.98. The molecule has 0 saturated carbocycles. The van der Waals surface area contributed by atoms with Crippen LogP contribution in [0.1, 0.15) is 11.1 Å². The van der Waals surface area contributed by atoms with Crippen LogP contribution in [0.3, 0.4) is 0 Å².